The molecular weight excluding hydrogens is 1790 g/mol. The van der Waals surface area contributed by atoms with Crippen molar-refractivity contribution >= 4 is 23.1 Å². The molecule has 12 aromatic rings. The number of Topliss-reactive ketones (excluding diaryl/α,β-unsaturated/α-hetero) is 1. The van der Waals surface area contributed by atoms with E-state index in [0.717, 1.165) is 104 Å². The summed E-state index contributed by atoms with van der Waals surface area (Å²) in [6.45, 7) is 23.0. The Hall–Kier alpha value is -12.2. The van der Waals surface area contributed by atoms with Gasteiger partial charge in [-0.25, -0.2) is 32.3 Å². The zero-order chi connectivity index (χ0) is 86.7. The Kier molecular flexibility index (Phi) is 29.1. The molecule has 5 aromatic heterocycles. The van der Waals surface area contributed by atoms with E-state index in [9.17, 15) is 88.6 Å². The summed E-state index contributed by atoms with van der Waals surface area (Å²) < 4.78 is 243. The van der Waals surface area contributed by atoms with Gasteiger partial charge in [-0.3, -0.25) is 32.8 Å². The second-order valence-corrected chi connectivity index (χ2v) is 27.2. The van der Waals surface area contributed by atoms with Crippen LogP contribution in [0.1, 0.15) is 98.9 Å². The maximum absolute atomic E-state index is 14.4. The molecule has 0 bridgehead atoms. The average Bonchev–Trinajstić information content (AvgIpc) is 1.64. The standard InChI is InChI=1S/C22H17F5N4.C22H15F5N4.C20H18F2N2O.C15H14F3N4.C4H5F3O2.CH4.Ir/c2*1-11-6-12(2)20(13(3)7-11)31-10-18(15-5-4-14(23)8-16(15)24)28-21(31)17-9-19(30-29-17)22(25,26)27;1-11-7-12(2)19(13(3)8-11)24-10-18(23-20(24)14(4)25)16-6-5-15(21)9-17(16)22;1-19-3-5-21(10-19)13-7-12(15(16,17)18)8-14(9-13)22-6-4-20(2)11-22;1-2-9-3(8)4(5,6)7;;/h4-10H,1-3H3,(H,29,30);4,6-10H,1-3H3;5-10H,1-4H3;3-8,10-11H,1-2H3;2H2,1H3;1H4;/q;-2;;-3;;;. The van der Waals surface area contributed by atoms with Crippen molar-refractivity contribution in [3.63, 3.8) is 0 Å². The maximum atomic E-state index is 14.4. The SMILES string of the molecule is C.CC(=O)c1nc(-c2ccc(F)cc2F)cn1-c1c(C)cc(C)cc1C.CCOC(=O)C(F)(F)F.CN1C=CN(c2[c-]c(N3C=CN(C)[CH-]3)cc(C(F)(F)F)c2)[CH-]1.Cc1cc(C)c(-n2cc(-c3[c-]cc(F)cc3F)nc2-c2cc(C(F)(F)F)n[n-]2)c(C)c1.Cc1cc(C)c(-n2cc(-c3ccc(F)cc3F)nc2-c2cc(C(F)(F)F)[nH]n2)c(C)c1.[Ir]. The minimum atomic E-state index is -4.85. The number of esters is 1. The molecule has 120 heavy (non-hydrogen) atoms. The van der Waals surface area contributed by atoms with Crippen molar-refractivity contribution in [2.75, 3.05) is 30.5 Å². The number of carbonyl (C=O) groups is 2. The number of hydrogen-bond donors (Lipinski definition) is 1. The van der Waals surface area contributed by atoms with Crippen LogP contribution in [0.2, 0.25) is 0 Å². The third-order valence-electron chi connectivity index (χ3n) is 17.5. The molecule has 1 radical (unpaired) electrons. The molecule has 7 heterocycles. The van der Waals surface area contributed by atoms with Gasteiger partial charge in [-0.05, 0) is 184 Å². The monoisotopic (exact) mass is 1860 g/mol. The van der Waals surface area contributed by atoms with E-state index < -0.39 is 82.5 Å². The molecule has 0 saturated heterocycles. The van der Waals surface area contributed by atoms with Crippen LogP contribution in [0.4, 0.5) is 90.4 Å². The number of ketones is 1. The number of aryl methyl sites for hydroxylation is 9. The molecule has 2 aliphatic rings. The first-order chi connectivity index (χ1) is 55.2. The zero-order valence-corrected chi connectivity index (χ0v) is 67.4. The Morgan fingerprint density at radius 2 is 0.942 bits per heavy atom. The van der Waals surface area contributed by atoms with Gasteiger partial charge in [0.15, 0.2) is 17.4 Å². The number of aromatic nitrogens is 10. The Balaban J connectivity index is 0.000000193. The molecule has 0 spiro atoms. The van der Waals surface area contributed by atoms with Gasteiger partial charge in [-0.2, -0.15) is 71.1 Å². The van der Waals surface area contributed by atoms with E-state index in [0.29, 0.717) is 34.5 Å². The van der Waals surface area contributed by atoms with Crippen LogP contribution in [-0.2, 0) is 48.2 Å². The third kappa shape index (κ3) is 22.0. The number of halogens is 18. The fourth-order valence-corrected chi connectivity index (χ4v) is 12.8. The Bertz CT molecular complexity index is 5480. The second-order valence-electron chi connectivity index (χ2n) is 27.2. The first-order valence-corrected chi connectivity index (χ1v) is 35.2. The van der Waals surface area contributed by atoms with Crippen LogP contribution >= 0.6 is 0 Å². The summed E-state index contributed by atoms with van der Waals surface area (Å²) in [6.07, 6.45) is -7.06. The normalized spacial score (nSPS) is 12.6. The molecule has 0 aliphatic carbocycles. The Morgan fingerprint density at radius 1 is 0.508 bits per heavy atom. The van der Waals surface area contributed by atoms with Crippen LogP contribution in [0.5, 0.6) is 0 Å². The minimum absolute atomic E-state index is 0. The van der Waals surface area contributed by atoms with Crippen molar-refractivity contribution in [3.8, 4) is 73.9 Å². The van der Waals surface area contributed by atoms with E-state index in [1.54, 1.807) is 91.7 Å². The van der Waals surface area contributed by atoms with Crippen molar-refractivity contribution < 1.29 is 113 Å². The predicted octanol–water partition coefficient (Wildman–Crippen LogP) is 21.6. The van der Waals surface area contributed by atoms with Crippen LogP contribution in [0.15, 0.2) is 153 Å². The Labute approximate surface area is 690 Å². The molecule has 0 unspecified atom stereocenters. The number of nitrogens with zero attached hydrogens (tertiary/aromatic N) is 13. The molecule has 2 aliphatic heterocycles. The van der Waals surface area contributed by atoms with Gasteiger partial charge in [0.2, 0.25) is 0 Å². The van der Waals surface area contributed by atoms with Gasteiger partial charge in [-0.1, -0.05) is 83.4 Å². The summed E-state index contributed by atoms with van der Waals surface area (Å²) in [4.78, 5) is 41.5. The molecule has 14 rings (SSSR count). The predicted molar refractivity (Wildman–Crippen MR) is 409 cm³/mol. The molecule has 637 valence electrons. The molecule has 36 heteroatoms. The zero-order valence-electron chi connectivity index (χ0n) is 65.0. The number of rotatable bonds is 12. The van der Waals surface area contributed by atoms with Gasteiger partial charge >= 0.3 is 30.7 Å². The van der Waals surface area contributed by atoms with Gasteiger partial charge in [0.05, 0.1) is 35.1 Å². The van der Waals surface area contributed by atoms with Gasteiger partial charge in [0.25, 0.3) is 0 Å². The van der Waals surface area contributed by atoms with Crippen LogP contribution in [0, 0.1) is 123 Å². The minimum Gasteiger partial charge on any atom is -0.572 e. The van der Waals surface area contributed by atoms with Crippen molar-refractivity contribution in [3.05, 3.63) is 286 Å². The van der Waals surface area contributed by atoms with E-state index >= 15 is 0 Å². The van der Waals surface area contributed by atoms with E-state index in [1.807, 2.05) is 104 Å². The summed E-state index contributed by atoms with van der Waals surface area (Å²) in [5.74, 6) is -6.63. The van der Waals surface area contributed by atoms with Crippen molar-refractivity contribution in [1.29, 1.82) is 0 Å². The van der Waals surface area contributed by atoms with Crippen LogP contribution < -0.4 is 14.9 Å². The van der Waals surface area contributed by atoms with Crippen molar-refractivity contribution in [1.82, 2.24) is 58.8 Å². The average molecular weight is 1860 g/mol. The van der Waals surface area contributed by atoms with Crippen LogP contribution in [-0.4, -0.2) is 92.4 Å². The fraction of sp³-hybridized carbons (Fsp3) is 0.226. The summed E-state index contributed by atoms with van der Waals surface area (Å²) in [5.41, 5.74) is 8.89. The number of nitrogens with one attached hydrogen (secondary N) is 1. The quantitative estimate of drug-likeness (QED) is 0.0532. The largest absolute Gasteiger partial charge is 0.572 e. The number of carbonyl (C=O) groups excluding carboxylic acids is 2. The Morgan fingerprint density at radius 3 is 1.32 bits per heavy atom. The molecular formula is C84H73F18IrN14O3-5. The summed E-state index contributed by atoms with van der Waals surface area (Å²) >= 11 is 0. The van der Waals surface area contributed by atoms with E-state index in [4.69, 9.17) is 0 Å². The molecule has 0 atom stereocenters. The summed E-state index contributed by atoms with van der Waals surface area (Å²) in [5, 5.41) is 12.6. The van der Waals surface area contributed by atoms with Crippen molar-refractivity contribution in [2.24, 2.45) is 0 Å². The molecule has 7 aromatic carbocycles. The van der Waals surface area contributed by atoms with E-state index in [1.165, 1.54) is 44.4 Å². The molecule has 0 saturated carbocycles. The molecule has 1 N–H and O–H groups in total. The summed E-state index contributed by atoms with van der Waals surface area (Å²) in [7, 11) is 3.61. The number of ether oxygens (including phenoxy) is 1. The number of H-pyrrole nitrogens is 1. The van der Waals surface area contributed by atoms with Crippen LogP contribution in [0.25, 0.3) is 73.9 Å². The smallest absolute Gasteiger partial charge is 0.490 e. The van der Waals surface area contributed by atoms with E-state index in [2.05, 4.69) is 47.1 Å². The number of imidazole rings is 3. The number of anilines is 2. The molecule has 0 fully saturated rings. The topological polar surface area (TPSA) is 165 Å². The van der Waals surface area contributed by atoms with E-state index in [-0.39, 0.29) is 96.9 Å². The van der Waals surface area contributed by atoms with Gasteiger partial charge in [-0.15, -0.1) is 41.7 Å². The van der Waals surface area contributed by atoms with Gasteiger partial charge in [0.1, 0.15) is 46.2 Å². The number of benzene rings is 7. The maximum Gasteiger partial charge on any atom is 0.490 e. The third-order valence-corrected chi connectivity index (χ3v) is 17.5. The molecule has 17 nitrogen and oxygen atoms in total. The number of alkyl halides is 12. The van der Waals surface area contributed by atoms with Gasteiger partial charge < -0.3 is 39.1 Å². The van der Waals surface area contributed by atoms with Gasteiger partial charge in [0, 0.05) is 80.0 Å². The fourth-order valence-electron chi connectivity index (χ4n) is 12.8. The second kappa shape index (κ2) is 37.4. The van der Waals surface area contributed by atoms with Crippen LogP contribution in [0.3, 0.4) is 0 Å². The number of hydrogen-bond acceptors (Lipinski definition) is 12. The number of aromatic amines is 1. The van der Waals surface area contributed by atoms with Crippen molar-refractivity contribution in [2.45, 2.75) is 108 Å². The first-order valence-electron chi connectivity index (χ1n) is 35.2. The molecule has 0 amide bonds. The first kappa shape index (κ1) is 93.3. The summed E-state index contributed by atoms with van der Waals surface area (Å²) in [6, 6.07) is 29.1.